The van der Waals surface area contributed by atoms with Gasteiger partial charge in [-0.25, -0.2) is 4.39 Å². The lowest BCUT2D eigenvalue weighted by molar-refractivity contribution is 0.328. The van der Waals surface area contributed by atoms with Crippen molar-refractivity contribution < 1.29 is 4.39 Å². The summed E-state index contributed by atoms with van der Waals surface area (Å²) in [6.45, 7) is 10.7. The SMILES string of the molecule is CNC(C)c1ccc(N(C)C(C)C(C)(C)C)c(F)c1. The Bertz CT molecular complexity index is 423. The van der Waals surface area contributed by atoms with E-state index in [9.17, 15) is 4.39 Å². The van der Waals surface area contributed by atoms with Crippen molar-refractivity contribution >= 4 is 5.69 Å². The van der Waals surface area contributed by atoms with Crippen LogP contribution in [0.25, 0.3) is 0 Å². The number of rotatable bonds is 4. The highest BCUT2D eigenvalue weighted by Gasteiger charge is 2.25. The normalized spacial score (nSPS) is 15.2. The van der Waals surface area contributed by atoms with E-state index in [0.29, 0.717) is 5.69 Å². The topological polar surface area (TPSA) is 15.3 Å². The lowest BCUT2D eigenvalue weighted by Crippen LogP contribution is -2.39. The molecule has 2 unspecified atom stereocenters. The van der Waals surface area contributed by atoms with E-state index in [4.69, 9.17) is 0 Å². The molecular formula is C16H27FN2. The standard InChI is InChI=1S/C16H27FN2/c1-11(18-6)13-8-9-15(14(17)10-13)19(7)12(2)16(3,4)5/h8-12,18H,1-7H3. The summed E-state index contributed by atoms with van der Waals surface area (Å²) in [6.07, 6.45) is 0. The summed E-state index contributed by atoms with van der Waals surface area (Å²) in [5, 5.41) is 3.12. The van der Waals surface area contributed by atoms with Crippen molar-refractivity contribution in [2.24, 2.45) is 5.41 Å². The second-order valence-electron chi connectivity index (χ2n) is 6.37. The Balaban J connectivity index is 3.03. The maximum atomic E-state index is 14.3. The second-order valence-corrected chi connectivity index (χ2v) is 6.37. The Morgan fingerprint density at radius 1 is 1.21 bits per heavy atom. The molecule has 0 fully saturated rings. The first kappa shape index (κ1) is 16.0. The van der Waals surface area contributed by atoms with Crippen molar-refractivity contribution in [1.82, 2.24) is 5.32 Å². The molecule has 1 aromatic rings. The third-order valence-corrected chi connectivity index (χ3v) is 4.12. The Morgan fingerprint density at radius 2 is 1.79 bits per heavy atom. The molecule has 0 saturated carbocycles. The van der Waals surface area contributed by atoms with Gasteiger partial charge < -0.3 is 10.2 Å². The van der Waals surface area contributed by atoms with Crippen molar-refractivity contribution in [3.8, 4) is 0 Å². The molecule has 0 amide bonds. The lowest BCUT2D eigenvalue weighted by Gasteiger charge is -2.37. The Morgan fingerprint density at radius 3 is 2.21 bits per heavy atom. The average Bonchev–Trinajstić information content (AvgIpc) is 2.34. The molecule has 1 rings (SSSR count). The molecule has 0 aliphatic heterocycles. The van der Waals surface area contributed by atoms with Crippen LogP contribution in [0.3, 0.4) is 0 Å². The number of anilines is 1. The molecule has 108 valence electrons. The van der Waals surface area contributed by atoms with E-state index in [1.807, 2.05) is 38.1 Å². The van der Waals surface area contributed by atoms with Gasteiger partial charge in [0.2, 0.25) is 0 Å². The van der Waals surface area contributed by atoms with E-state index < -0.39 is 0 Å². The quantitative estimate of drug-likeness (QED) is 0.887. The summed E-state index contributed by atoms with van der Waals surface area (Å²) in [6, 6.07) is 5.91. The average molecular weight is 266 g/mol. The first-order valence-electron chi connectivity index (χ1n) is 6.88. The van der Waals surface area contributed by atoms with Crippen LogP contribution >= 0.6 is 0 Å². The zero-order chi connectivity index (χ0) is 14.8. The van der Waals surface area contributed by atoms with Gasteiger partial charge in [-0.05, 0) is 44.0 Å². The molecule has 0 heterocycles. The Kier molecular flexibility index (Phi) is 4.97. The summed E-state index contributed by atoms with van der Waals surface area (Å²) in [5.41, 5.74) is 1.74. The molecule has 0 radical (unpaired) electrons. The van der Waals surface area contributed by atoms with Gasteiger partial charge in [-0.1, -0.05) is 26.8 Å². The molecule has 0 aliphatic carbocycles. The molecule has 0 saturated heterocycles. The van der Waals surface area contributed by atoms with Crippen LogP contribution in [0.4, 0.5) is 10.1 Å². The number of nitrogens with zero attached hydrogens (tertiary/aromatic N) is 1. The van der Waals surface area contributed by atoms with Gasteiger partial charge in [0.05, 0.1) is 5.69 Å². The van der Waals surface area contributed by atoms with Gasteiger partial charge in [0.25, 0.3) is 0 Å². The molecular weight excluding hydrogens is 239 g/mol. The zero-order valence-corrected chi connectivity index (χ0v) is 13.2. The van der Waals surface area contributed by atoms with Crippen molar-refractivity contribution in [3.05, 3.63) is 29.6 Å². The molecule has 0 aromatic heterocycles. The minimum absolute atomic E-state index is 0.109. The van der Waals surface area contributed by atoms with Gasteiger partial charge in [0.15, 0.2) is 0 Å². The molecule has 2 atom stereocenters. The van der Waals surface area contributed by atoms with E-state index >= 15 is 0 Å². The molecule has 0 bridgehead atoms. The van der Waals surface area contributed by atoms with Crippen molar-refractivity contribution in [2.75, 3.05) is 19.0 Å². The third kappa shape index (κ3) is 3.69. The predicted molar refractivity (Wildman–Crippen MR) is 81.2 cm³/mol. The highest BCUT2D eigenvalue weighted by atomic mass is 19.1. The van der Waals surface area contributed by atoms with Crippen LogP contribution in [0.5, 0.6) is 0 Å². The third-order valence-electron chi connectivity index (χ3n) is 4.12. The van der Waals surface area contributed by atoms with Gasteiger partial charge >= 0.3 is 0 Å². The van der Waals surface area contributed by atoms with Gasteiger partial charge in [0.1, 0.15) is 5.82 Å². The lowest BCUT2D eigenvalue weighted by atomic mass is 9.87. The molecule has 3 heteroatoms. The van der Waals surface area contributed by atoms with E-state index in [1.54, 1.807) is 6.07 Å². The fourth-order valence-electron chi connectivity index (χ4n) is 2.03. The first-order chi connectivity index (χ1) is 8.68. The summed E-state index contributed by atoms with van der Waals surface area (Å²) in [5.74, 6) is -0.154. The maximum absolute atomic E-state index is 14.3. The largest absolute Gasteiger partial charge is 0.369 e. The van der Waals surface area contributed by atoms with Crippen molar-refractivity contribution in [1.29, 1.82) is 0 Å². The van der Waals surface area contributed by atoms with Gasteiger partial charge in [-0.3, -0.25) is 0 Å². The number of hydrogen-bond acceptors (Lipinski definition) is 2. The number of nitrogens with one attached hydrogen (secondary N) is 1. The molecule has 0 spiro atoms. The minimum atomic E-state index is -0.154. The highest BCUT2D eigenvalue weighted by molar-refractivity contribution is 5.50. The van der Waals surface area contributed by atoms with Crippen LogP contribution in [-0.2, 0) is 0 Å². The molecule has 1 N–H and O–H groups in total. The zero-order valence-electron chi connectivity index (χ0n) is 13.2. The summed E-state index contributed by atoms with van der Waals surface area (Å²) in [4.78, 5) is 2.02. The summed E-state index contributed by atoms with van der Waals surface area (Å²) >= 11 is 0. The number of benzene rings is 1. The molecule has 19 heavy (non-hydrogen) atoms. The smallest absolute Gasteiger partial charge is 0.146 e. The fraction of sp³-hybridized carbons (Fsp3) is 0.625. The monoisotopic (exact) mass is 266 g/mol. The van der Waals surface area contributed by atoms with Crippen molar-refractivity contribution in [3.63, 3.8) is 0 Å². The summed E-state index contributed by atoms with van der Waals surface area (Å²) < 4.78 is 14.3. The molecule has 0 aliphatic rings. The number of hydrogen-bond donors (Lipinski definition) is 1. The van der Waals surface area contributed by atoms with E-state index in [1.165, 1.54) is 0 Å². The van der Waals surface area contributed by atoms with E-state index in [0.717, 1.165) is 5.56 Å². The number of halogens is 1. The van der Waals surface area contributed by atoms with Crippen LogP contribution in [0.15, 0.2) is 18.2 Å². The van der Waals surface area contributed by atoms with Crippen LogP contribution in [0.2, 0.25) is 0 Å². The van der Waals surface area contributed by atoms with Crippen molar-refractivity contribution in [2.45, 2.75) is 46.7 Å². The van der Waals surface area contributed by atoms with Crippen LogP contribution in [-0.4, -0.2) is 20.1 Å². The Labute approximate surface area is 117 Å². The molecule has 1 aromatic carbocycles. The van der Waals surface area contributed by atoms with Crippen LogP contribution in [0.1, 0.15) is 46.2 Å². The fourth-order valence-corrected chi connectivity index (χ4v) is 2.03. The van der Waals surface area contributed by atoms with Crippen LogP contribution < -0.4 is 10.2 Å². The van der Waals surface area contributed by atoms with E-state index in [-0.39, 0.29) is 23.3 Å². The van der Waals surface area contributed by atoms with Gasteiger partial charge in [-0.15, -0.1) is 0 Å². The van der Waals surface area contributed by atoms with Gasteiger partial charge in [-0.2, -0.15) is 0 Å². The highest BCUT2D eigenvalue weighted by Crippen LogP contribution is 2.30. The van der Waals surface area contributed by atoms with Crippen LogP contribution in [0, 0.1) is 11.2 Å². The second kappa shape index (κ2) is 5.91. The Hall–Kier alpha value is -1.09. The minimum Gasteiger partial charge on any atom is -0.369 e. The van der Waals surface area contributed by atoms with Gasteiger partial charge in [0, 0.05) is 19.1 Å². The first-order valence-corrected chi connectivity index (χ1v) is 6.88. The van der Waals surface area contributed by atoms with E-state index in [2.05, 4.69) is 33.0 Å². The summed E-state index contributed by atoms with van der Waals surface area (Å²) in [7, 11) is 3.83. The molecule has 2 nitrogen and oxygen atoms in total. The maximum Gasteiger partial charge on any atom is 0.146 e. The predicted octanol–water partition coefficient (Wildman–Crippen LogP) is 3.98.